The Hall–Kier alpha value is -0.730. The third kappa shape index (κ3) is 3.62. The fourth-order valence-corrected chi connectivity index (χ4v) is 2.48. The number of benzene rings is 1. The Morgan fingerprint density at radius 3 is 2.76 bits per heavy atom. The van der Waals surface area contributed by atoms with Gasteiger partial charge >= 0.3 is 0 Å². The molecule has 2 nitrogen and oxygen atoms in total. The van der Waals surface area contributed by atoms with E-state index in [4.69, 9.17) is 16.3 Å². The molecule has 1 fully saturated rings. The van der Waals surface area contributed by atoms with Crippen LogP contribution in [0.5, 0.6) is 5.75 Å². The van der Waals surface area contributed by atoms with Gasteiger partial charge in [0.05, 0.1) is 0 Å². The maximum atomic E-state index is 6.10. The van der Waals surface area contributed by atoms with Gasteiger partial charge in [-0.2, -0.15) is 0 Å². The van der Waals surface area contributed by atoms with Gasteiger partial charge in [0.25, 0.3) is 0 Å². The van der Waals surface area contributed by atoms with Crippen molar-refractivity contribution in [2.45, 2.75) is 32.3 Å². The molecule has 1 aromatic rings. The van der Waals surface area contributed by atoms with Gasteiger partial charge in [-0.1, -0.05) is 24.9 Å². The van der Waals surface area contributed by atoms with Crippen molar-refractivity contribution in [1.29, 1.82) is 0 Å². The first-order chi connectivity index (χ1) is 8.29. The van der Waals surface area contributed by atoms with Gasteiger partial charge in [0, 0.05) is 17.5 Å². The molecule has 0 aromatic heterocycles. The van der Waals surface area contributed by atoms with Crippen LogP contribution < -0.4 is 10.1 Å². The molecule has 1 saturated heterocycles. The van der Waals surface area contributed by atoms with Crippen molar-refractivity contribution in [2.24, 2.45) is 5.92 Å². The van der Waals surface area contributed by atoms with E-state index in [-0.39, 0.29) is 0 Å². The molecule has 0 amide bonds. The van der Waals surface area contributed by atoms with Gasteiger partial charge in [0.15, 0.2) is 0 Å². The van der Waals surface area contributed by atoms with Gasteiger partial charge in [0.1, 0.15) is 11.9 Å². The lowest BCUT2D eigenvalue weighted by Crippen LogP contribution is -2.28. The quantitative estimate of drug-likeness (QED) is 0.867. The van der Waals surface area contributed by atoms with Crippen LogP contribution in [-0.2, 0) is 0 Å². The monoisotopic (exact) mass is 253 g/mol. The summed E-state index contributed by atoms with van der Waals surface area (Å²) in [6.07, 6.45) is 3.83. The van der Waals surface area contributed by atoms with Gasteiger partial charge in [-0.3, -0.25) is 0 Å². The number of halogens is 1. The minimum atomic E-state index is 0.330. The summed E-state index contributed by atoms with van der Waals surface area (Å²) in [4.78, 5) is 0. The number of nitrogens with one attached hydrogen (secondary N) is 1. The number of hydrogen-bond donors (Lipinski definition) is 1. The van der Waals surface area contributed by atoms with E-state index in [1.165, 1.54) is 6.42 Å². The summed E-state index contributed by atoms with van der Waals surface area (Å²) in [5, 5.41) is 4.16. The second-order valence-corrected chi connectivity index (χ2v) is 5.09. The van der Waals surface area contributed by atoms with Gasteiger partial charge in [0.2, 0.25) is 0 Å². The summed E-state index contributed by atoms with van der Waals surface area (Å²) in [7, 11) is 0. The summed E-state index contributed by atoms with van der Waals surface area (Å²) in [5.41, 5.74) is 0. The van der Waals surface area contributed by atoms with Crippen LogP contribution in [0.2, 0.25) is 5.02 Å². The normalized spacial score (nSPS) is 21.4. The van der Waals surface area contributed by atoms with Crippen molar-refractivity contribution < 1.29 is 4.74 Å². The Morgan fingerprint density at radius 1 is 1.41 bits per heavy atom. The SMILES string of the molecule is CCCC(Oc1ccc(Cl)cc1)C1CCNC1. The molecule has 1 heterocycles. The average Bonchev–Trinajstić information content (AvgIpc) is 2.85. The first kappa shape index (κ1) is 12.7. The summed E-state index contributed by atoms with van der Waals surface area (Å²) >= 11 is 5.87. The Bertz CT molecular complexity index is 333. The maximum Gasteiger partial charge on any atom is 0.119 e. The van der Waals surface area contributed by atoms with Crippen molar-refractivity contribution in [3.8, 4) is 5.75 Å². The third-order valence-corrected chi connectivity index (χ3v) is 3.55. The standard InChI is InChI=1S/C14H20ClNO/c1-2-3-14(11-8-9-16-10-11)17-13-6-4-12(15)5-7-13/h4-7,11,14,16H,2-3,8-10H2,1H3. The highest BCUT2D eigenvalue weighted by atomic mass is 35.5. The van der Waals surface area contributed by atoms with Gasteiger partial charge in [-0.05, 0) is 43.7 Å². The molecule has 1 aliphatic rings. The van der Waals surface area contributed by atoms with Crippen molar-refractivity contribution in [3.63, 3.8) is 0 Å². The highest BCUT2D eigenvalue weighted by molar-refractivity contribution is 6.30. The minimum Gasteiger partial charge on any atom is -0.490 e. The first-order valence-electron chi connectivity index (χ1n) is 6.42. The molecule has 2 unspecified atom stereocenters. The van der Waals surface area contributed by atoms with Crippen LogP contribution in [-0.4, -0.2) is 19.2 Å². The second kappa shape index (κ2) is 6.27. The number of hydrogen-bond acceptors (Lipinski definition) is 2. The van der Waals surface area contributed by atoms with Crippen LogP contribution in [0.1, 0.15) is 26.2 Å². The minimum absolute atomic E-state index is 0.330. The zero-order valence-corrected chi connectivity index (χ0v) is 11.0. The predicted molar refractivity (Wildman–Crippen MR) is 71.8 cm³/mol. The van der Waals surface area contributed by atoms with E-state index in [9.17, 15) is 0 Å². The van der Waals surface area contributed by atoms with E-state index in [1.807, 2.05) is 24.3 Å². The number of rotatable bonds is 5. The van der Waals surface area contributed by atoms with Gasteiger partial charge in [-0.25, -0.2) is 0 Å². The molecule has 2 atom stereocenters. The molecular weight excluding hydrogens is 234 g/mol. The molecule has 0 radical (unpaired) electrons. The first-order valence-corrected chi connectivity index (χ1v) is 6.80. The van der Waals surface area contributed by atoms with Crippen molar-refractivity contribution in [1.82, 2.24) is 5.32 Å². The summed E-state index contributed by atoms with van der Waals surface area (Å²) in [6.45, 7) is 4.41. The average molecular weight is 254 g/mol. The molecule has 17 heavy (non-hydrogen) atoms. The Kier molecular flexibility index (Phi) is 4.69. The van der Waals surface area contributed by atoms with Crippen molar-refractivity contribution >= 4 is 11.6 Å². The van der Waals surface area contributed by atoms with Crippen LogP contribution in [0.25, 0.3) is 0 Å². The van der Waals surface area contributed by atoms with Crippen LogP contribution in [0, 0.1) is 5.92 Å². The summed E-state index contributed by atoms with van der Waals surface area (Å²) in [5.74, 6) is 1.57. The molecule has 0 aliphatic carbocycles. The van der Waals surface area contributed by atoms with Crippen LogP contribution in [0.4, 0.5) is 0 Å². The molecule has 1 aromatic carbocycles. The lowest BCUT2D eigenvalue weighted by atomic mass is 9.97. The second-order valence-electron chi connectivity index (χ2n) is 4.65. The molecule has 94 valence electrons. The fraction of sp³-hybridized carbons (Fsp3) is 0.571. The lowest BCUT2D eigenvalue weighted by molar-refractivity contribution is 0.132. The molecule has 1 N–H and O–H groups in total. The van der Waals surface area contributed by atoms with Crippen molar-refractivity contribution in [3.05, 3.63) is 29.3 Å². The molecule has 2 rings (SSSR count). The Morgan fingerprint density at radius 2 is 2.18 bits per heavy atom. The van der Waals surface area contributed by atoms with E-state index in [2.05, 4.69) is 12.2 Å². The zero-order valence-electron chi connectivity index (χ0n) is 10.3. The Labute approximate surface area is 108 Å². The Balaban J connectivity index is 1.98. The largest absolute Gasteiger partial charge is 0.490 e. The van der Waals surface area contributed by atoms with Crippen LogP contribution >= 0.6 is 11.6 Å². The van der Waals surface area contributed by atoms with Gasteiger partial charge in [-0.15, -0.1) is 0 Å². The van der Waals surface area contributed by atoms with E-state index >= 15 is 0 Å². The molecule has 0 saturated carbocycles. The van der Waals surface area contributed by atoms with E-state index in [1.54, 1.807) is 0 Å². The lowest BCUT2D eigenvalue weighted by Gasteiger charge is -2.24. The predicted octanol–water partition coefficient (Wildman–Crippen LogP) is 3.50. The molecule has 3 heteroatoms. The van der Waals surface area contributed by atoms with Crippen molar-refractivity contribution in [2.75, 3.05) is 13.1 Å². The zero-order chi connectivity index (χ0) is 12.1. The molecular formula is C14H20ClNO. The molecule has 0 spiro atoms. The van der Waals surface area contributed by atoms with Gasteiger partial charge < -0.3 is 10.1 Å². The smallest absolute Gasteiger partial charge is 0.119 e. The maximum absolute atomic E-state index is 6.10. The van der Waals surface area contributed by atoms with E-state index in [0.717, 1.165) is 36.7 Å². The fourth-order valence-electron chi connectivity index (χ4n) is 2.36. The molecule has 0 bridgehead atoms. The van der Waals surface area contributed by atoms with Crippen LogP contribution in [0.15, 0.2) is 24.3 Å². The number of ether oxygens (including phenoxy) is 1. The van der Waals surface area contributed by atoms with E-state index < -0.39 is 0 Å². The topological polar surface area (TPSA) is 21.3 Å². The molecule has 1 aliphatic heterocycles. The van der Waals surface area contributed by atoms with E-state index in [0.29, 0.717) is 12.0 Å². The third-order valence-electron chi connectivity index (χ3n) is 3.30. The summed E-state index contributed by atoms with van der Waals surface area (Å²) < 4.78 is 6.10. The highest BCUT2D eigenvalue weighted by Crippen LogP contribution is 2.24. The summed E-state index contributed by atoms with van der Waals surface area (Å²) in [6, 6.07) is 7.67. The highest BCUT2D eigenvalue weighted by Gasteiger charge is 2.25. The van der Waals surface area contributed by atoms with Crippen LogP contribution in [0.3, 0.4) is 0 Å².